The minimum absolute atomic E-state index is 0.0182. The average molecular weight is 292 g/mol. The molecule has 2 rings (SSSR count). The summed E-state index contributed by atoms with van der Waals surface area (Å²) in [5, 5.41) is 0.217. The molecule has 2 nitrogen and oxygen atoms in total. The van der Waals surface area contributed by atoms with Crippen molar-refractivity contribution in [3.63, 3.8) is 0 Å². The second-order valence-corrected chi connectivity index (χ2v) is 7.86. The minimum Gasteiger partial charge on any atom is -0.293 e. The van der Waals surface area contributed by atoms with Crippen molar-refractivity contribution in [3.05, 3.63) is 34.9 Å². The molecule has 3 atom stereocenters. The fourth-order valence-corrected chi connectivity index (χ4v) is 4.50. The molecule has 110 valence electrons. The first-order valence-electron chi connectivity index (χ1n) is 7.45. The van der Waals surface area contributed by atoms with E-state index in [0.717, 1.165) is 24.8 Å². The predicted molar refractivity (Wildman–Crippen MR) is 84.7 cm³/mol. The van der Waals surface area contributed by atoms with Crippen LogP contribution in [-0.2, 0) is 10.8 Å². The SMILES string of the molecule is Cc1ccc(C(=O)CS(=O)C2CCCC(C)C2)cc1C. The first-order valence-corrected chi connectivity index (χ1v) is 8.83. The molecule has 0 spiro atoms. The Morgan fingerprint density at radius 3 is 2.65 bits per heavy atom. The second-order valence-electron chi connectivity index (χ2n) is 6.14. The van der Waals surface area contributed by atoms with Gasteiger partial charge >= 0.3 is 0 Å². The molecule has 20 heavy (non-hydrogen) atoms. The Hall–Kier alpha value is -0.960. The highest BCUT2D eigenvalue weighted by molar-refractivity contribution is 7.86. The predicted octanol–water partition coefficient (Wildman–Crippen LogP) is 3.81. The third kappa shape index (κ3) is 3.78. The summed E-state index contributed by atoms with van der Waals surface area (Å²) in [6, 6.07) is 5.73. The van der Waals surface area contributed by atoms with Crippen LogP contribution < -0.4 is 0 Å². The Kier molecular flexibility index (Phi) is 5.14. The summed E-state index contributed by atoms with van der Waals surface area (Å²) in [5.74, 6) is 0.846. The molecule has 3 unspecified atom stereocenters. The van der Waals surface area contributed by atoms with Crippen molar-refractivity contribution in [1.29, 1.82) is 0 Å². The third-order valence-electron chi connectivity index (χ3n) is 4.36. The van der Waals surface area contributed by atoms with Gasteiger partial charge in [-0.25, -0.2) is 0 Å². The monoisotopic (exact) mass is 292 g/mol. The lowest BCUT2D eigenvalue weighted by Gasteiger charge is -2.25. The van der Waals surface area contributed by atoms with Crippen LogP contribution in [0.1, 0.15) is 54.1 Å². The summed E-state index contributed by atoms with van der Waals surface area (Å²) in [4.78, 5) is 12.2. The number of rotatable bonds is 4. The normalized spacial score (nSPS) is 24.4. The van der Waals surface area contributed by atoms with Gasteiger partial charge in [0.25, 0.3) is 0 Å². The summed E-state index contributed by atoms with van der Waals surface area (Å²) < 4.78 is 12.4. The summed E-state index contributed by atoms with van der Waals surface area (Å²) in [6.45, 7) is 6.26. The van der Waals surface area contributed by atoms with Crippen LogP contribution in [-0.4, -0.2) is 21.0 Å². The highest BCUT2D eigenvalue weighted by atomic mass is 32.2. The Bertz CT molecular complexity index is 522. The van der Waals surface area contributed by atoms with Gasteiger partial charge < -0.3 is 0 Å². The zero-order valence-corrected chi connectivity index (χ0v) is 13.5. The van der Waals surface area contributed by atoms with Gasteiger partial charge in [-0.3, -0.25) is 9.00 Å². The molecule has 1 aromatic carbocycles. The smallest absolute Gasteiger partial charge is 0.175 e. The lowest BCUT2D eigenvalue weighted by atomic mass is 9.91. The van der Waals surface area contributed by atoms with E-state index in [9.17, 15) is 9.00 Å². The van der Waals surface area contributed by atoms with Crippen LogP contribution >= 0.6 is 0 Å². The van der Waals surface area contributed by atoms with E-state index in [1.165, 1.54) is 12.0 Å². The first-order chi connectivity index (χ1) is 9.47. The maximum Gasteiger partial charge on any atom is 0.175 e. The standard InChI is InChI=1S/C17H24O2S/c1-12-5-4-6-16(9-12)20(19)11-17(18)15-8-7-13(2)14(3)10-15/h7-8,10,12,16H,4-6,9,11H2,1-3H3. The van der Waals surface area contributed by atoms with Gasteiger partial charge in [0.2, 0.25) is 0 Å². The molecule has 0 aliphatic heterocycles. The molecule has 1 saturated carbocycles. The van der Waals surface area contributed by atoms with Crippen LogP contribution in [0.15, 0.2) is 18.2 Å². The van der Waals surface area contributed by atoms with E-state index in [2.05, 4.69) is 6.92 Å². The van der Waals surface area contributed by atoms with E-state index in [-0.39, 0.29) is 16.8 Å². The number of ketones is 1. The number of hydrogen-bond acceptors (Lipinski definition) is 2. The molecule has 0 N–H and O–H groups in total. The quantitative estimate of drug-likeness (QED) is 0.791. The number of benzene rings is 1. The summed E-state index contributed by atoms with van der Waals surface area (Å²) in [7, 11) is -1.02. The molecule has 3 heteroatoms. The summed E-state index contributed by atoms with van der Waals surface area (Å²) >= 11 is 0. The van der Waals surface area contributed by atoms with Gasteiger partial charge in [-0.15, -0.1) is 0 Å². The van der Waals surface area contributed by atoms with Crippen molar-refractivity contribution >= 4 is 16.6 Å². The van der Waals surface area contributed by atoms with Gasteiger partial charge in [0.15, 0.2) is 5.78 Å². The average Bonchev–Trinajstić information content (AvgIpc) is 2.41. The van der Waals surface area contributed by atoms with E-state index in [1.54, 1.807) is 0 Å². The van der Waals surface area contributed by atoms with E-state index >= 15 is 0 Å². The lowest BCUT2D eigenvalue weighted by Crippen LogP contribution is -2.27. The summed E-state index contributed by atoms with van der Waals surface area (Å²) in [6.07, 6.45) is 4.40. The van der Waals surface area contributed by atoms with Crippen LogP contribution in [0, 0.1) is 19.8 Å². The van der Waals surface area contributed by atoms with Crippen LogP contribution in [0.2, 0.25) is 0 Å². The number of aryl methyl sites for hydroxylation is 2. The van der Waals surface area contributed by atoms with Gasteiger partial charge in [-0.2, -0.15) is 0 Å². The highest BCUT2D eigenvalue weighted by Crippen LogP contribution is 2.27. The van der Waals surface area contributed by atoms with Gasteiger partial charge in [0, 0.05) is 21.6 Å². The molecular formula is C17H24O2S. The van der Waals surface area contributed by atoms with E-state index in [0.29, 0.717) is 11.5 Å². The van der Waals surface area contributed by atoms with Gasteiger partial charge in [-0.1, -0.05) is 31.9 Å². The van der Waals surface area contributed by atoms with Crippen molar-refractivity contribution in [2.75, 3.05) is 5.75 Å². The maximum atomic E-state index is 12.4. The van der Waals surface area contributed by atoms with Crippen molar-refractivity contribution in [1.82, 2.24) is 0 Å². The zero-order valence-electron chi connectivity index (χ0n) is 12.6. The number of hydrogen-bond donors (Lipinski definition) is 0. The molecule has 0 bridgehead atoms. The molecule has 0 radical (unpaired) electrons. The fourth-order valence-electron chi connectivity index (χ4n) is 2.86. The van der Waals surface area contributed by atoms with Crippen molar-refractivity contribution in [2.45, 2.75) is 51.7 Å². The van der Waals surface area contributed by atoms with Crippen molar-refractivity contribution in [2.24, 2.45) is 5.92 Å². The fraction of sp³-hybridized carbons (Fsp3) is 0.588. The Balaban J connectivity index is 2.00. The van der Waals surface area contributed by atoms with Crippen LogP contribution in [0.3, 0.4) is 0 Å². The number of Topliss-reactive ketones (excluding diaryl/α,β-unsaturated/α-hetero) is 1. The van der Waals surface area contributed by atoms with Crippen LogP contribution in [0.4, 0.5) is 0 Å². The van der Waals surface area contributed by atoms with Gasteiger partial charge in [0.05, 0.1) is 5.75 Å². The third-order valence-corrected chi connectivity index (χ3v) is 6.08. The molecule has 1 aromatic rings. The second kappa shape index (κ2) is 6.66. The lowest BCUT2D eigenvalue weighted by molar-refractivity contribution is 0.102. The molecule has 0 amide bonds. The van der Waals surface area contributed by atoms with Crippen molar-refractivity contribution in [3.8, 4) is 0 Å². The van der Waals surface area contributed by atoms with Gasteiger partial charge in [0.1, 0.15) is 0 Å². The topological polar surface area (TPSA) is 34.1 Å². The number of carbonyl (C=O) groups is 1. The van der Waals surface area contributed by atoms with E-state index < -0.39 is 10.8 Å². The van der Waals surface area contributed by atoms with E-state index in [1.807, 2.05) is 32.0 Å². The summed E-state index contributed by atoms with van der Waals surface area (Å²) in [5.41, 5.74) is 3.00. The molecule has 1 aliphatic carbocycles. The minimum atomic E-state index is -1.02. The molecule has 1 aliphatic rings. The molecule has 0 heterocycles. The van der Waals surface area contributed by atoms with Gasteiger partial charge in [-0.05, 0) is 49.8 Å². The Morgan fingerprint density at radius 1 is 1.25 bits per heavy atom. The van der Waals surface area contributed by atoms with Crippen LogP contribution in [0.5, 0.6) is 0 Å². The molecule has 0 saturated heterocycles. The zero-order chi connectivity index (χ0) is 14.7. The van der Waals surface area contributed by atoms with E-state index in [4.69, 9.17) is 0 Å². The molecule has 1 fully saturated rings. The molecule has 0 aromatic heterocycles. The molecular weight excluding hydrogens is 268 g/mol. The Labute approximate surface area is 124 Å². The number of carbonyl (C=O) groups excluding carboxylic acids is 1. The highest BCUT2D eigenvalue weighted by Gasteiger charge is 2.25. The maximum absolute atomic E-state index is 12.4. The Morgan fingerprint density at radius 2 is 2.00 bits per heavy atom. The first kappa shape index (κ1) is 15.4. The van der Waals surface area contributed by atoms with Crippen LogP contribution in [0.25, 0.3) is 0 Å². The van der Waals surface area contributed by atoms with Crippen molar-refractivity contribution < 1.29 is 9.00 Å². The largest absolute Gasteiger partial charge is 0.293 e.